The highest BCUT2D eigenvalue weighted by atomic mass is 16.5. The van der Waals surface area contributed by atoms with Crippen molar-refractivity contribution in [1.82, 2.24) is 9.80 Å². The third-order valence-electron chi connectivity index (χ3n) is 3.47. The van der Waals surface area contributed by atoms with Gasteiger partial charge in [-0.25, -0.2) is 0 Å². The standard InChI is InChI=1S/C14H26N2O4/c1-9(2)13(14(19)15(5)8-12(17)18)16-6-10(3)20-11(4)7-16/h9-11,13H,6-8H2,1-5H3,(H,17,18)/t10-,11+,13-/m0/s1. The van der Waals surface area contributed by atoms with Gasteiger partial charge in [0.15, 0.2) is 0 Å². The molecule has 0 radical (unpaired) electrons. The van der Waals surface area contributed by atoms with E-state index in [2.05, 4.69) is 4.90 Å². The van der Waals surface area contributed by atoms with Crippen LogP contribution in [0.1, 0.15) is 27.7 Å². The number of likely N-dealkylation sites (N-methyl/N-ethyl adjacent to an activating group) is 1. The van der Waals surface area contributed by atoms with Gasteiger partial charge in [-0.05, 0) is 19.8 Å². The molecule has 0 aromatic heterocycles. The Kier molecular flexibility index (Phi) is 5.95. The van der Waals surface area contributed by atoms with E-state index < -0.39 is 5.97 Å². The number of carboxylic acid groups (broad SMARTS) is 1. The minimum atomic E-state index is -0.993. The van der Waals surface area contributed by atoms with Crippen LogP contribution in [0.25, 0.3) is 0 Å². The Bertz CT molecular complexity index is 349. The minimum Gasteiger partial charge on any atom is -0.480 e. The molecule has 0 saturated carbocycles. The number of nitrogens with zero attached hydrogens (tertiary/aromatic N) is 2. The number of amides is 1. The van der Waals surface area contributed by atoms with Crippen LogP contribution < -0.4 is 0 Å². The van der Waals surface area contributed by atoms with Gasteiger partial charge in [0.05, 0.1) is 18.2 Å². The lowest BCUT2D eigenvalue weighted by Crippen LogP contribution is -2.57. The van der Waals surface area contributed by atoms with E-state index in [1.165, 1.54) is 4.90 Å². The third-order valence-corrected chi connectivity index (χ3v) is 3.47. The molecule has 1 fully saturated rings. The van der Waals surface area contributed by atoms with Crippen molar-refractivity contribution >= 4 is 11.9 Å². The quantitative estimate of drug-likeness (QED) is 0.804. The Morgan fingerprint density at radius 2 is 1.80 bits per heavy atom. The number of rotatable bonds is 5. The molecular weight excluding hydrogens is 260 g/mol. The summed E-state index contributed by atoms with van der Waals surface area (Å²) in [5.41, 5.74) is 0. The summed E-state index contributed by atoms with van der Waals surface area (Å²) in [7, 11) is 1.54. The van der Waals surface area contributed by atoms with E-state index in [1.54, 1.807) is 7.05 Å². The number of carbonyl (C=O) groups is 2. The number of ether oxygens (including phenoxy) is 1. The van der Waals surface area contributed by atoms with Crippen molar-refractivity contribution in [3.8, 4) is 0 Å². The SMILES string of the molecule is CC(C)[C@@H](C(=O)N(C)CC(=O)O)N1C[C@@H](C)O[C@@H](C)C1. The van der Waals surface area contributed by atoms with Gasteiger partial charge in [0.1, 0.15) is 6.54 Å². The van der Waals surface area contributed by atoms with Gasteiger partial charge in [-0.3, -0.25) is 14.5 Å². The first-order valence-corrected chi connectivity index (χ1v) is 7.08. The van der Waals surface area contributed by atoms with E-state index in [1.807, 2.05) is 27.7 Å². The van der Waals surface area contributed by atoms with Gasteiger partial charge in [-0.15, -0.1) is 0 Å². The number of hydrogen-bond acceptors (Lipinski definition) is 4. The molecule has 0 spiro atoms. The number of carbonyl (C=O) groups excluding carboxylic acids is 1. The highest BCUT2D eigenvalue weighted by Crippen LogP contribution is 2.20. The second-order valence-electron chi connectivity index (χ2n) is 5.99. The molecule has 0 unspecified atom stereocenters. The Morgan fingerprint density at radius 1 is 1.30 bits per heavy atom. The molecule has 1 amide bonds. The van der Waals surface area contributed by atoms with Crippen molar-refractivity contribution in [3.63, 3.8) is 0 Å². The zero-order chi connectivity index (χ0) is 15.4. The summed E-state index contributed by atoms with van der Waals surface area (Å²) < 4.78 is 5.69. The molecule has 6 nitrogen and oxygen atoms in total. The fraction of sp³-hybridized carbons (Fsp3) is 0.857. The Labute approximate surface area is 120 Å². The van der Waals surface area contributed by atoms with Crippen molar-refractivity contribution in [2.24, 2.45) is 5.92 Å². The van der Waals surface area contributed by atoms with Crippen molar-refractivity contribution in [2.75, 3.05) is 26.7 Å². The largest absolute Gasteiger partial charge is 0.480 e. The first-order valence-electron chi connectivity index (χ1n) is 7.08. The van der Waals surface area contributed by atoms with Crippen LogP contribution in [0.2, 0.25) is 0 Å². The van der Waals surface area contributed by atoms with Gasteiger partial charge in [-0.1, -0.05) is 13.8 Å². The maximum absolute atomic E-state index is 12.5. The molecule has 20 heavy (non-hydrogen) atoms. The summed E-state index contributed by atoms with van der Waals surface area (Å²) in [4.78, 5) is 26.7. The van der Waals surface area contributed by atoms with Crippen molar-refractivity contribution in [1.29, 1.82) is 0 Å². The van der Waals surface area contributed by atoms with Crippen LogP contribution in [0.15, 0.2) is 0 Å². The van der Waals surface area contributed by atoms with Crippen molar-refractivity contribution in [2.45, 2.75) is 45.9 Å². The molecule has 6 heteroatoms. The van der Waals surface area contributed by atoms with Crippen LogP contribution in [0.3, 0.4) is 0 Å². The van der Waals surface area contributed by atoms with Gasteiger partial charge in [-0.2, -0.15) is 0 Å². The van der Waals surface area contributed by atoms with E-state index in [-0.39, 0.29) is 36.6 Å². The maximum atomic E-state index is 12.5. The first kappa shape index (κ1) is 16.9. The zero-order valence-corrected chi connectivity index (χ0v) is 13.0. The average Bonchev–Trinajstić information content (AvgIpc) is 2.25. The zero-order valence-electron chi connectivity index (χ0n) is 13.0. The molecule has 0 aromatic carbocycles. The molecular formula is C14H26N2O4. The highest BCUT2D eigenvalue weighted by molar-refractivity contribution is 5.85. The van der Waals surface area contributed by atoms with E-state index in [4.69, 9.17) is 9.84 Å². The summed E-state index contributed by atoms with van der Waals surface area (Å²) >= 11 is 0. The van der Waals surface area contributed by atoms with Gasteiger partial charge in [0, 0.05) is 20.1 Å². The Hall–Kier alpha value is -1.14. The molecule has 0 aliphatic carbocycles. The summed E-state index contributed by atoms with van der Waals surface area (Å²) in [6, 6.07) is -0.298. The molecule has 3 atom stereocenters. The lowest BCUT2D eigenvalue weighted by Gasteiger charge is -2.42. The predicted octanol–water partition coefficient (Wildman–Crippen LogP) is 0.663. The fourth-order valence-electron chi connectivity index (χ4n) is 2.81. The van der Waals surface area contributed by atoms with E-state index >= 15 is 0 Å². The second-order valence-corrected chi connectivity index (χ2v) is 5.99. The molecule has 0 bridgehead atoms. The Balaban J connectivity index is 2.82. The number of hydrogen-bond donors (Lipinski definition) is 1. The van der Waals surface area contributed by atoms with Crippen LogP contribution in [-0.4, -0.2) is 71.7 Å². The Morgan fingerprint density at radius 3 is 2.20 bits per heavy atom. The summed E-state index contributed by atoms with van der Waals surface area (Å²) in [6.45, 7) is 9.08. The fourth-order valence-corrected chi connectivity index (χ4v) is 2.81. The molecule has 116 valence electrons. The number of morpholine rings is 1. The van der Waals surface area contributed by atoms with Gasteiger partial charge < -0.3 is 14.7 Å². The van der Waals surface area contributed by atoms with Crippen LogP contribution in [0, 0.1) is 5.92 Å². The number of carboxylic acids is 1. The van der Waals surface area contributed by atoms with Crippen LogP contribution in [-0.2, 0) is 14.3 Å². The van der Waals surface area contributed by atoms with Crippen LogP contribution in [0.5, 0.6) is 0 Å². The summed E-state index contributed by atoms with van der Waals surface area (Å²) in [5.74, 6) is -1.01. The second kappa shape index (κ2) is 7.04. The topological polar surface area (TPSA) is 70.1 Å². The van der Waals surface area contributed by atoms with E-state index in [9.17, 15) is 9.59 Å². The van der Waals surface area contributed by atoms with Gasteiger partial charge in [0.25, 0.3) is 0 Å². The monoisotopic (exact) mass is 286 g/mol. The number of aliphatic carboxylic acids is 1. The normalized spacial score (nSPS) is 25.5. The minimum absolute atomic E-state index is 0.0811. The molecule has 1 saturated heterocycles. The predicted molar refractivity (Wildman–Crippen MR) is 75.5 cm³/mol. The molecule has 1 rings (SSSR count). The average molecular weight is 286 g/mol. The summed E-state index contributed by atoms with van der Waals surface area (Å²) in [5, 5.41) is 8.82. The molecule has 0 aromatic rings. The smallest absolute Gasteiger partial charge is 0.323 e. The van der Waals surface area contributed by atoms with E-state index in [0.29, 0.717) is 13.1 Å². The van der Waals surface area contributed by atoms with E-state index in [0.717, 1.165) is 0 Å². The van der Waals surface area contributed by atoms with Crippen LogP contribution >= 0.6 is 0 Å². The lowest BCUT2D eigenvalue weighted by atomic mass is 9.99. The molecule has 1 aliphatic rings. The van der Waals surface area contributed by atoms with Crippen molar-refractivity contribution < 1.29 is 19.4 Å². The molecule has 1 aliphatic heterocycles. The molecule has 1 heterocycles. The highest BCUT2D eigenvalue weighted by Gasteiger charge is 2.35. The van der Waals surface area contributed by atoms with Crippen LogP contribution in [0.4, 0.5) is 0 Å². The van der Waals surface area contributed by atoms with Crippen molar-refractivity contribution in [3.05, 3.63) is 0 Å². The summed E-state index contributed by atoms with van der Waals surface area (Å²) in [6.07, 6.45) is 0.162. The lowest BCUT2D eigenvalue weighted by molar-refractivity contribution is -0.150. The molecule has 1 N–H and O–H groups in total. The van der Waals surface area contributed by atoms with Gasteiger partial charge in [0.2, 0.25) is 5.91 Å². The maximum Gasteiger partial charge on any atom is 0.323 e. The first-order chi connectivity index (χ1) is 9.22. The van der Waals surface area contributed by atoms with Gasteiger partial charge >= 0.3 is 5.97 Å². The third kappa shape index (κ3) is 4.45.